The summed E-state index contributed by atoms with van der Waals surface area (Å²) in [5.74, 6) is 0.779. The van der Waals surface area contributed by atoms with Crippen molar-refractivity contribution >= 4 is 5.91 Å². The molecule has 122 valence electrons. The Morgan fingerprint density at radius 3 is 2.62 bits per heavy atom. The highest BCUT2D eigenvalue weighted by Crippen LogP contribution is 2.35. The van der Waals surface area contributed by atoms with Gasteiger partial charge >= 0.3 is 0 Å². The maximum absolute atomic E-state index is 11.6. The van der Waals surface area contributed by atoms with Crippen molar-refractivity contribution in [2.24, 2.45) is 5.92 Å². The number of carbonyl (C=O) groups excluding carboxylic acids is 1. The second kappa shape index (κ2) is 7.07. The number of morpholine rings is 1. The molecular weight excluding hydrogens is 266 g/mol. The minimum atomic E-state index is 0.185. The lowest BCUT2D eigenvalue weighted by atomic mass is 9.92. The van der Waals surface area contributed by atoms with Crippen LogP contribution in [0.15, 0.2) is 0 Å². The largest absolute Gasteiger partial charge is 0.371 e. The van der Waals surface area contributed by atoms with Crippen LogP contribution in [-0.4, -0.2) is 86.2 Å². The second-order valence-electron chi connectivity index (χ2n) is 7.08. The van der Waals surface area contributed by atoms with Gasteiger partial charge in [-0.3, -0.25) is 4.79 Å². The van der Waals surface area contributed by atoms with Crippen LogP contribution in [0.4, 0.5) is 0 Å². The predicted octanol–water partition coefficient (Wildman–Crippen LogP) is 0.894. The van der Waals surface area contributed by atoms with Gasteiger partial charge in [0.05, 0.1) is 12.2 Å². The fourth-order valence-corrected chi connectivity index (χ4v) is 3.45. The Kier molecular flexibility index (Phi) is 5.63. The molecule has 0 spiro atoms. The highest BCUT2D eigenvalue weighted by atomic mass is 16.5. The minimum absolute atomic E-state index is 0.185. The third-order valence-corrected chi connectivity index (χ3v) is 5.02. The predicted molar refractivity (Wildman–Crippen MR) is 84.3 cm³/mol. The molecule has 2 aliphatic rings. The first kappa shape index (κ1) is 16.7. The molecule has 1 amide bonds. The van der Waals surface area contributed by atoms with Crippen LogP contribution in [0.1, 0.15) is 26.7 Å². The smallest absolute Gasteiger partial charge is 0.219 e. The van der Waals surface area contributed by atoms with Crippen LogP contribution in [0, 0.1) is 5.92 Å². The SMILES string of the molecule is CC(=O)N1CC2CC(CC(C)N(C)CCN(C)C)C(C1)O2. The molecule has 5 nitrogen and oxygen atoms in total. The molecule has 2 saturated heterocycles. The lowest BCUT2D eigenvalue weighted by Crippen LogP contribution is -2.46. The molecule has 0 aromatic rings. The number of carbonyl (C=O) groups is 1. The van der Waals surface area contributed by atoms with Crippen LogP contribution in [0.2, 0.25) is 0 Å². The van der Waals surface area contributed by atoms with Gasteiger partial charge in [-0.25, -0.2) is 0 Å². The molecule has 0 aromatic heterocycles. The van der Waals surface area contributed by atoms with Gasteiger partial charge in [0.15, 0.2) is 0 Å². The van der Waals surface area contributed by atoms with Gasteiger partial charge in [-0.05, 0) is 46.8 Å². The van der Waals surface area contributed by atoms with Gasteiger partial charge in [0, 0.05) is 39.1 Å². The number of hydrogen-bond acceptors (Lipinski definition) is 4. The van der Waals surface area contributed by atoms with Crippen molar-refractivity contribution in [3.63, 3.8) is 0 Å². The molecule has 4 atom stereocenters. The molecule has 0 saturated carbocycles. The molecule has 0 aromatic carbocycles. The fraction of sp³-hybridized carbons (Fsp3) is 0.938. The number of hydrogen-bond donors (Lipinski definition) is 0. The summed E-state index contributed by atoms with van der Waals surface area (Å²) < 4.78 is 6.05. The lowest BCUT2D eigenvalue weighted by Gasteiger charge is -2.33. The third-order valence-electron chi connectivity index (χ3n) is 5.02. The average molecular weight is 297 g/mol. The molecule has 0 N–H and O–H groups in total. The van der Waals surface area contributed by atoms with Crippen LogP contribution < -0.4 is 0 Å². The quantitative estimate of drug-likeness (QED) is 0.730. The number of fused-ring (bicyclic) bond motifs is 2. The van der Waals surface area contributed by atoms with E-state index in [0.29, 0.717) is 12.0 Å². The maximum Gasteiger partial charge on any atom is 0.219 e. The zero-order chi connectivity index (χ0) is 15.6. The van der Waals surface area contributed by atoms with E-state index in [1.165, 1.54) is 0 Å². The highest BCUT2D eigenvalue weighted by Gasteiger charge is 2.42. The van der Waals surface area contributed by atoms with Crippen molar-refractivity contribution < 1.29 is 9.53 Å². The molecule has 2 rings (SSSR count). The van der Waals surface area contributed by atoms with Gasteiger partial charge in [-0.15, -0.1) is 0 Å². The van der Waals surface area contributed by atoms with E-state index in [9.17, 15) is 4.79 Å². The third kappa shape index (κ3) is 4.41. The normalized spacial score (nSPS) is 30.2. The second-order valence-corrected chi connectivity index (χ2v) is 7.08. The molecule has 4 unspecified atom stereocenters. The summed E-state index contributed by atoms with van der Waals surface area (Å²) in [6, 6.07) is 0.559. The number of likely N-dealkylation sites (tertiary alicyclic amines) is 1. The van der Waals surface area contributed by atoms with Crippen molar-refractivity contribution in [1.29, 1.82) is 0 Å². The number of likely N-dealkylation sites (N-methyl/N-ethyl adjacent to an activating group) is 2. The Morgan fingerprint density at radius 2 is 2.00 bits per heavy atom. The minimum Gasteiger partial charge on any atom is -0.371 e. The number of ether oxygens (including phenoxy) is 1. The van der Waals surface area contributed by atoms with Gasteiger partial charge in [0.2, 0.25) is 5.91 Å². The molecule has 2 heterocycles. The van der Waals surface area contributed by atoms with Gasteiger partial charge in [0.1, 0.15) is 0 Å². The van der Waals surface area contributed by atoms with Crippen molar-refractivity contribution in [2.45, 2.75) is 44.9 Å². The van der Waals surface area contributed by atoms with E-state index in [1.54, 1.807) is 6.92 Å². The fourth-order valence-electron chi connectivity index (χ4n) is 3.45. The van der Waals surface area contributed by atoms with Crippen LogP contribution in [0.25, 0.3) is 0 Å². The van der Waals surface area contributed by atoms with E-state index in [0.717, 1.165) is 39.0 Å². The van der Waals surface area contributed by atoms with Gasteiger partial charge in [-0.2, -0.15) is 0 Å². The molecule has 21 heavy (non-hydrogen) atoms. The Balaban J connectivity index is 1.82. The van der Waals surface area contributed by atoms with E-state index in [4.69, 9.17) is 4.74 Å². The van der Waals surface area contributed by atoms with E-state index in [-0.39, 0.29) is 18.1 Å². The maximum atomic E-state index is 11.6. The van der Waals surface area contributed by atoms with Gasteiger partial charge in [0.25, 0.3) is 0 Å². The summed E-state index contributed by atoms with van der Waals surface area (Å²) in [5, 5.41) is 0. The Bertz CT molecular complexity index is 361. The van der Waals surface area contributed by atoms with Crippen molar-refractivity contribution in [3.8, 4) is 0 Å². The Labute approximate surface area is 129 Å². The molecule has 5 heteroatoms. The van der Waals surface area contributed by atoms with Crippen LogP contribution in [-0.2, 0) is 9.53 Å². The Morgan fingerprint density at radius 1 is 1.29 bits per heavy atom. The summed E-state index contributed by atoms with van der Waals surface area (Å²) in [6.45, 7) is 7.72. The van der Waals surface area contributed by atoms with Crippen molar-refractivity contribution in [1.82, 2.24) is 14.7 Å². The molecular formula is C16H31N3O2. The topological polar surface area (TPSA) is 36.0 Å². The zero-order valence-electron chi connectivity index (χ0n) is 14.2. The van der Waals surface area contributed by atoms with E-state index in [2.05, 4.69) is 37.9 Å². The first-order chi connectivity index (χ1) is 9.86. The van der Waals surface area contributed by atoms with Crippen LogP contribution in [0.3, 0.4) is 0 Å². The molecule has 0 aliphatic carbocycles. The van der Waals surface area contributed by atoms with E-state index < -0.39 is 0 Å². The zero-order valence-corrected chi connectivity index (χ0v) is 14.2. The summed E-state index contributed by atoms with van der Waals surface area (Å²) in [6.07, 6.45) is 2.78. The van der Waals surface area contributed by atoms with E-state index in [1.807, 2.05) is 4.90 Å². The monoisotopic (exact) mass is 297 g/mol. The summed E-state index contributed by atoms with van der Waals surface area (Å²) in [5.41, 5.74) is 0. The summed E-state index contributed by atoms with van der Waals surface area (Å²) >= 11 is 0. The average Bonchev–Trinajstić information content (AvgIpc) is 2.69. The number of amides is 1. The van der Waals surface area contributed by atoms with Crippen LogP contribution >= 0.6 is 0 Å². The van der Waals surface area contributed by atoms with Gasteiger partial charge in [-0.1, -0.05) is 0 Å². The lowest BCUT2D eigenvalue weighted by molar-refractivity contribution is -0.138. The number of nitrogens with zero attached hydrogens (tertiary/aromatic N) is 3. The van der Waals surface area contributed by atoms with Gasteiger partial charge < -0.3 is 19.4 Å². The molecule has 2 fully saturated rings. The Hall–Kier alpha value is -0.650. The summed E-state index contributed by atoms with van der Waals surface area (Å²) in [7, 11) is 6.43. The summed E-state index contributed by atoms with van der Waals surface area (Å²) in [4.78, 5) is 18.2. The first-order valence-electron chi connectivity index (χ1n) is 8.12. The molecule has 2 aliphatic heterocycles. The van der Waals surface area contributed by atoms with Crippen LogP contribution in [0.5, 0.6) is 0 Å². The molecule has 0 radical (unpaired) electrons. The highest BCUT2D eigenvalue weighted by molar-refractivity contribution is 5.73. The standard InChI is InChI=1S/C16H31N3O2/c1-12(18(5)7-6-17(3)4)8-14-9-15-10-19(13(2)20)11-16(14)21-15/h12,14-16H,6-11H2,1-5H3. The molecule has 2 bridgehead atoms. The first-order valence-corrected chi connectivity index (χ1v) is 8.12. The number of rotatable bonds is 6. The van der Waals surface area contributed by atoms with Crippen molar-refractivity contribution in [3.05, 3.63) is 0 Å². The van der Waals surface area contributed by atoms with Crippen molar-refractivity contribution in [2.75, 3.05) is 47.3 Å². The van der Waals surface area contributed by atoms with E-state index >= 15 is 0 Å².